The Kier molecular flexibility index (Phi) is 2.50. The van der Waals surface area contributed by atoms with Crippen molar-refractivity contribution in [2.45, 2.75) is 19.4 Å². The standard InChI is InChI=1S/C11H14O2/c12-7-10-3-1-2-4-11(10)13-8-9-5-6-9/h1-4,9,12H,5-8H2. The first-order chi connectivity index (χ1) is 6.40. The van der Waals surface area contributed by atoms with Crippen molar-refractivity contribution in [3.8, 4) is 5.75 Å². The maximum atomic E-state index is 9.02. The highest BCUT2D eigenvalue weighted by atomic mass is 16.5. The molecule has 2 nitrogen and oxygen atoms in total. The highest BCUT2D eigenvalue weighted by Crippen LogP contribution is 2.30. The number of benzene rings is 1. The molecule has 0 bridgehead atoms. The summed E-state index contributed by atoms with van der Waals surface area (Å²) in [5.41, 5.74) is 0.878. The molecule has 0 spiro atoms. The lowest BCUT2D eigenvalue weighted by molar-refractivity contribution is 0.258. The van der Waals surface area contributed by atoms with Crippen LogP contribution in [0.5, 0.6) is 5.75 Å². The Bertz CT molecular complexity index is 279. The zero-order valence-electron chi connectivity index (χ0n) is 7.57. The van der Waals surface area contributed by atoms with Crippen molar-refractivity contribution in [1.82, 2.24) is 0 Å². The van der Waals surface area contributed by atoms with Crippen molar-refractivity contribution in [2.24, 2.45) is 5.92 Å². The fourth-order valence-corrected chi connectivity index (χ4v) is 1.27. The summed E-state index contributed by atoms with van der Waals surface area (Å²) in [7, 11) is 0. The van der Waals surface area contributed by atoms with Crippen LogP contribution < -0.4 is 4.74 Å². The molecule has 1 aliphatic carbocycles. The summed E-state index contributed by atoms with van der Waals surface area (Å²) >= 11 is 0. The van der Waals surface area contributed by atoms with Crippen molar-refractivity contribution in [3.05, 3.63) is 29.8 Å². The van der Waals surface area contributed by atoms with Crippen LogP contribution in [0.3, 0.4) is 0 Å². The highest BCUT2D eigenvalue weighted by molar-refractivity contribution is 5.32. The molecule has 1 aromatic rings. The van der Waals surface area contributed by atoms with Gasteiger partial charge in [-0.15, -0.1) is 0 Å². The quantitative estimate of drug-likeness (QED) is 0.763. The normalized spacial score (nSPS) is 15.8. The van der Waals surface area contributed by atoms with Crippen molar-refractivity contribution in [3.63, 3.8) is 0 Å². The van der Waals surface area contributed by atoms with E-state index in [-0.39, 0.29) is 6.61 Å². The van der Waals surface area contributed by atoms with Crippen LogP contribution in [0.4, 0.5) is 0 Å². The second-order valence-electron chi connectivity index (χ2n) is 3.52. The number of rotatable bonds is 4. The topological polar surface area (TPSA) is 29.5 Å². The molecule has 0 aliphatic heterocycles. The molecular weight excluding hydrogens is 164 g/mol. The Hall–Kier alpha value is -1.02. The van der Waals surface area contributed by atoms with Gasteiger partial charge in [-0.1, -0.05) is 18.2 Å². The SMILES string of the molecule is OCc1ccccc1OCC1CC1. The molecule has 0 radical (unpaired) electrons. The Morgan fingerprint density at radius 2 is 2.08 bits per heavy atom. The average Bonchev–Trinajstić information content (AvgIpc) is 2.99. The van der Waals surface area contributed by atoms with Gasteiger partial charge in [0.2, 0.25) is 0 Å². The molecule has 0 saturated heterocycles. The van der Waals surface area contributed by atoms with Crippen molar-refractivity contribution < 1.29 is 9.84 Å². The lowest BCUT2D eigenvalue weighted by Gasteiger charge is -2.08. The number of ether oxygens (including phenoxy) is 1. The van der Waals surface area contributed by atoms with E-state index in [0.29, 0.717) is 0 Å². The Morgan fingerprint density at radius 3 is 2.77 bits per heavy atom. The van der Waals surface area contributed by atoms with E-state index < -0.39 is 0 Å². The van der Waals surface area contributed by atoms with E-state index in [0.717, 1.165) is 23.8 Å². The molecule has 0 aromatic heterocycles. The number of para-hydroxylation sites is 1. The van der Waals surface area contributed by atoms with E-state index in [1.54, 1.807) is 0 Å². The van der Waals surface area contributed by atoms with Crippen LogP contribution in [0.25, 0.3) is 0 Å². The minimum absolute atomic E-state index is 0.0564. The maximum absolute atomic E-state index is 9.02. The number of aliphatic hydroxyl groups excluding tert-OH is 1. The molecule has 0 amide bonds. The summed E-state index contributed by atoms with van der Waals surface area (Å²) in [4.78, 5) is 0. The van der Waals surface area contributed by atoms with E-state index in [9.17, 15) is 0 Å². The van der Waals surface area contributed by atoms with Gasteiger partial charge < -0.3 is 9.84 Å². The van der Waals surface area contributed by atoms with Gasteiger partial charge in [0.25, 0.3) is 0 Å². The molecule has 1 saturated carbocycles. The minimum atomic E-state index is 0.0564. The van der Waals surface area contributed by atoms with E-state index in [1.807, 2.05) is 24.3 Å². The maximum Gasteiger partial charge on any atom is 0.124 e. The van der Waals surface area contributed by atoms with E-state index in [2.05, 4.69) is 0 Å². The Balaban J connectivity index is 1.99. The van der Waals surface area contributed by atoms with Gasteiger partial charge >= 0.3 is 0 Å². The van der Waals surface area contributed by atoms with E-state index in [4.69, 9.17) is 9.84 Å². The third kappa shape index (κ3) is 2.22. The minimum Gasteiger partial charge on any atom is -0.493 e. The molecule has 2 rings (SSSR count). The predicted molar refractivity (Wildman–Crippen MR) is 50.6 cm³/mol. The molecule has 13 heavy (non-hydrogen) atoms. The van der Waals surface area contributed by atoms with Crippen LogP contribution in [0.2, 0.25) is 0 Å². The summed E-state index contributed by atoms with van der Waals surface area (Å²) in [6, 6.07) is 7.65. The lowest BCUT2D eigenvalue weighted by Crippen LogP contribution is -2.01. The van der Waals surface area contributed by atoms with Crippen LogP contribution in [0.15, 0.2) is 24.3 Å². The second kappa shape index (κ2) is 3.79. The summed E-state index contributed by atoms with van der Waals surface area (Å²) in [6.45, 7) is 0.859. The molecule has 2 heteroatoms. The zero-order chi connectivity index (χ0) is 9.10. The molecule has 1 N–H and O–H groups in total. The Labute approximate surface area is 78.2 Å². The summed E-state index contributed by atoms with van der Waals surface area (Å²) in [5.74, 6) is 1.59. The van der Waals surface area contributed by atoms with Gasteiger partial charge in [-0.05, 0) is 24.8 Å². The monoisotopic (exact) mass is 178 g/mol. The van der Waals surface area contributed by atoms with Gasteiger partial charge in [0.1, 0.15) is 5.75 Å². The van der Waals surface area contributed by atoms with Gasteiger partial charge in [-0.25, -0.2) is 0 Å². The molecule has 0 heterocycles. The Morgan fingerprint density at radius 1 is 1.31 bits per heavy atom. The molecule has 1 fully saturated rings. The van der Waals surface area contributed by atoms with Crippen LogP contribution in [-0.4, -0.2) is 11.7 Å². The predicted octanol–water partition coefficient (Wildman–Crippen LogP) is 1.97. The van der Waals surface area contributed by atoms with Gasteiger partial charge in [0.05, 0.1) is 13.2 Å². The average molecular weight is 178 g/mol. The highest BCUT2D eigenvalue weighted by Gasteiger charge is 2.22. The van der Waals surface area contributed by atoms with Gasteiger partial charge in [-0.3, -0.25) is 0 Å². The van der Waals surface area contributed by atoms with Gasteiger partial charge in [0.15, 0.2) is 0 Å². The fourth-order valence-electron chi connectivity index (χ4n) is 1.27. The van der Waals surface area contributed by atoms with Crippen molar-refractivity contribution in [1.29, 1.82) is 0 Å². The van der Waals surface area contributed by atoms with Crippen LogP contribution >= 0.6 is 0 Å². The second-order valence-corrected chi connectivity index (χ2v) is 3.52. The first-order valence-electron chi connectivity index (χ1n) is 4.71. The number of hydrogen-bond acceptors (Lipinski definition) is 2. The summed E-state index contributed by atoms with van der Waals surface area (Å²) in [5, 5.41) is 9.02. The largest absolute Gasteiger partial charge is 0.493 e. The molecule has 70 valence electrons. The van der Waals surface area contributed by atoms with Crippen molar-refractivity contribution >= 4 is 0 Å². The summed E-state index contributed by atoms with van der Waals surface area (Å²) in [6.07, 6.45) is 2.59. The molecule has 1 aliphatic rings. The summed E-state index contributed by atoms with van der Waals surface area (Å²) < 4.78 is 5.59. The van der Waals surface area contributed by atoms with Crippen LogP contribution in [0.1, 0.15) is 18.4 Å². The van der Waals surface area contributed by atoms with Crippen LogP contribution in [0, 0.1) is 5.92 Å². The third-order valence-electron chi connectivity index (χ3n) is 2.31. The first-order valence-corrected chi connectivity index (χ1v) is 4.71. The number of aliphatic hydroxyl groups is 1. The smallest absolute Gasteiger partial charge is 0.124 e. The lowest BCUT2D eigenvalue weighted by atomic mass is 10.2. The number of hydrogen-bond donors (Lipinski definition) is 1. The molecule has 1 aromatic carbocycles. The van der Waals surface area contributed by atoms with Gasteiger partial charge in [0, 0.05) is 5.56 Å². The zero-order valence-corrected chi connectivity index (χ0v) is 7.57. The van der Waals surface area contributed by atoms with Gasteiger partial charge in [-0.2, -0.15) is 0 Å². The van der Waals surface area contributed by atoms with E-state index >= 15 is 0 Å². The molecule has 0 unspecified atom stereocenters. The third-order valence-corrected chi connectivity index (χ3v) is 2.31. The molecular formula is C11H14O2. The first kappa shape index (κ1) is 8.57. The van der Waals surface area contributed by atoms with E-state index in [1.165, 1.54) is 12.8 Å². The molecule has 0 atom stereocenters. The fraction of sp³-hybridized carbons (Fsp3) is 0.455. The van der Waals surface area contributed by atoms with Crippen LogP contribution in [-0.2, 0) is 6.61 Å². The van der Waals surface area contributed by atoms with Crippen molar-refractivity contribution in [2.75, 3.05) is 6.61 Å².